The SMILES string of the molecule is BrCCCCOCCNc1ccccc1. The molecule has 0 aliphatic heterocycles. The Morgan fingerprint density at radius 3 is 2.60 bits per heavy atom. The number of benzene rings is 1. The second kappa shape index (κ2) is 8.74. The third-order valence-corrected chi connectivity index (χ3v) is 2.58. The molecule has 0 spiro atoms. The maximum atomic E-state index is 5.47. The lowest BCUT2D eigenvalue weighted by molar-refractivity contribution is 0.141. The van der Waals surface area contributed by atoms with E-state index in [2.05, 4.69) is 33.4 Å². The number of halogens is 1. The molecule has 0 bridgehead atoms. The zero-order valence-corrected chi connectivity index (χ0v) is 10.5. The molecular formula is C12H18BrNO. The quantitative estimate of drug-likeness (QED) is 0.579. The van der Waals surface area contributed by atoms with Gasteiger partial charge in [-0.15, -0.1) is 0 Å². The first-order chi connectivity index (χ1) is 7.43. The van der Waals surface area contributed by atoms with Crippen LogP contribution in [0.15, 0.2) is 30.3 Å². The van der Waals surface area contributed by atoms with Gasteiger partial charge in [0.2, 0.25) is 0 Å². The maximum absolute atomic E-state index is 5.47. The van der Waals surface area contributed by atoms with Gasteiger partial charge in [-0.1, -0.05) is 34.1 Å². The molecule has 1 aromatic rings. The summed E-state index contributed by atoms with van der Waals surface area (Å²) in [5.74, 6) is 0. The summed E-state index contributed by atoms with van der Waals surface area (Å²) in [5.41, 5.74) is 1.15. The van der Waals surface area contributed by atoms with Crippen molar-refractivity contribution < 1.29 is 4.74 Å². The van der Waals surface area contributed by atoms with Crippen molar-refractivity contribution in [3.05, 3.63) is 30.3 Å². The zero-order chi connectivity index (χ0) is 10.8. The highest BCUT2D eigenvalue weighted by molar-refractivity contribution is 9.09. The first-order valence-corrected chi connectivity index (χ1v) is 6.48. The molecule has 0 unspecified atom stereocenters. The van der Waals surface area contributed by atoms with Crippen LogP contribution in [-0.2, 0) is 4.74 Å². The molecule has 0 aromatic heterocycles. The van der Waals surface area contributed by atoms with E-state index in [1.165, 1.54) is 6.42 Å². The third kappa shape index (κ3) is 6.52. The van der Waals surface area contributed by atoms with Gasteiger partial charge in [-0.25, -0.2) is 0 Å². The first-order valence-electron chi connectivity index (χ1n) is 5.36. The van der Waals surface area contributed by atoms with Gasteiger partial charge in [0.15, 0.2) is 0 Å². The van der Waals surface area contributed by atoms with Crippen molar-refractivity contribution in [2.45, 2.75) is 12.8 Å². The van der Waals surface area contributed by atoms with Crippen molar-refractivity contribution in [3.8, 4) is 0 Å². The molecular weight excluding hydrogens is 254 g/mol. The lowest BCUT2D eigenvalue weighted by Crippen LogP contribution is -2.09. The van der Waals surface area contributed by atoms with E-state index < -0.39 is 0 Å². The van der Waals surface area contributed by atoms with Gasteiger partial charge in [0.25, 0.3) is 0 Å². The molecule has 1 N–H and O–H groups in total. The van der Waals surface area contributed by atoms with Crippen molar-refractivity contribution in [1.29, 1.82) is 0 Å². The number of unbranched alkanes of at least 4 members (excludes halogenated alkanes) is 1. The summed E-state index contributed by atoms with van der Waals surface area (Å²) < 4.78 is 5.47. The van der Waals surface area contributed by atoms with Crippen LogP contribution in [0.5, 0.6) is 0 Å². The summed E-state index contributed by atoms with van der Waals surface area (Å²) in [6, 6.07) is 10.2. The van der Waals surface area contributed by atoms with Crippen LogP contribution in [0.25, 0.3) is 0 Å². The molecule has 84 valence electrons. The van der Waals surface area contributed by atoms with Crippen LogP contribution in [-0.4, -0.2) is 25.1 Å². The highest BCUT2D eigenvalue weighted by atomic mass is 79.9. The minimum absolute atomic E-state index is 0.775. The largest absolute Gasteiger partial charge is 0.383 e. The fourth-order valence-electron chi connectivity index (χ4n) is 1.22. The lowest BCUT2D eigenvalue weighted by Gasteiger charge is -2.06. The van der Waals surface area contributed by atoms with E-state index >= 15 is 0 Å². The Kier molecular flexibility index (Phi) is 7.30. The van der Waals surface area contributed by atoms with E-state index in [9.17, 15) is 0 Å². The highest BCUT2D eigenvalue weighted by Crippen LogP contribution is 2.03. The van der Waals surface area contributed by atoms with Gasteiger partial charge < -0.3 is 10.1 Å². The normalized spacial score (nSPS) is 10.2. The van der Waals surface area contributed by atoms with Crippen LogP contribution < -0.4 is 5.32 Å². The number of anilines is 1. The molecule has 0 radical (unpaired) electrons. The second-order valence-electron chi connectivity index (χ2n) is 3.30. The van der Waals surface area contributed by atoms with Crippen LogP contribution in [0.2, 0.25) is 0 Å². The van der Waals surface area contributed by atoms with Gasteiger partial charge in [-0.2, -0.15) is 0 Å². The summed E-state index contributed by atoms with van der Waals surface area (Å²) in [6.45, 7) is 2.51. The topological polar surface area (TPSA) is 21.3 Å². The Morgan fingerprint density at radius 2 is 1.87 bits per heavy atom. The molecule has 1 rings (SSSR count). The highest BCUT2D eigenvalue weighted by Gasteiger charge is 1.90. The van der Waals surface area contributed by atoms with Crippen LogP contribution in [0.4, 0.5) is 5.69 Å². The Balaban J connectivity index is 1.93. The monoisotopic (exact) mass is 271 g/mol. The van der Waals surface area contributed by atoms with E-state index in [1.807, 2.05) is 18.2 Å². The fraction of sp³-hybridized carbons (Fsp3) is 0.500. The maximum Gasteiger partial charge on any atom is 0.0639 e. The minimum Gasteiger partial charge on any atom is -0.383 e. The number of ether oxygens (including phenoxy) is 1. The molecule has 0 heterocycles. The van der Waals surface area contributed by atoms with Crippen molar-refractivity contribution in [2.75, 3.05) is 30.4 Å². The third-order valence-electron chi connectivity index (χ3n) is 2.02. The summed E-state index contributed by atoms with van der Waals surface area (Å²) in [4.78, 5) is 0. The van der Waals surface area contributed by atoms with Crippen molar-refractivity contribution in [3.63, 3.8) is 0 Å². The number of hydrogen-bond acceptors (Lipinski definition) is 2. The molecule has 2 nitrogen and oxygen atoms in total. The van der Waals surface area contributed by atoms with E-state index in [1.54, 1.807) is 0 Å². The molecule has 1 aromatic carbocycles. The van der Waals surface area contributed by atoms with Crippen LogP contribution >= 0.6 is 15.9 Å². The Hall–Kier alpha value is -0.540. The van der Waals surface area contributed by atoms with Gasteiger partial charge >= 0.3 is 0 Å². The van der Waals surface area contributed by atoms with E-state index in [4.69, 9.17) is 4.74 Å². The standard InChI is InChI=1S/C12H18BrNO/c13-8-4-5-10-15-11-9-14-12-6-2-1-3-7-12/h1-3,6-7,14H,4-5,8-11H2. The van der Waals surface area contributed by atoms with Gasteiger partial charge in [0.05, 0.1) is 6.61 Å². The lowest BCUT2D eigenvalue weighted by atomic mass is 10.3. The summed E-state index contributed by atoms with van der Waals surface area (Å²) in [6.07, 6.45) is 2.32. The van der Waals surface area contributed by atoms with E-state index in [0.717, 1.165) is 37.2 Å². The molecule has 15 heavy (non-hydrogen) atoms. The zero-order valence-electron chi connectivity index (χ0n) is 8.92. The number of para-hydroxylation sites is 1. The minimum atomic E-state index is 0.775. The predicted octanol–water partition coefficient (Wildman–Crippen LogP) is 3.29. The molecule has 0 atom stereocenters. The number of nitrogens with one attached hydrogen (secondary N) is 1. The predicted molar refractivity (Wildman–Crippen MR) is 68.8 cm³/mol. The first kappa shape index (κ1) is 12.5. The molecule has 0 aliphatic rings. The van der Waals surface area contributed by atoms with Crippen LogP contribution in [0.1, 0.15) is 12.8 Å². The Morgan fingerprint density at radius 1 is 1.07 bits per heavy atom. The average Bonchev–Trinajstić information content (AvgIpc) is 2.29. The average molecular weight is 272 g/mol. The summed E-state index contributed by atoms with van der Waals surface area (Å²) >= 11 is 3.39. The number of rotatable bonds is 8. The van der Waals surface area contributed by atoms with Crippen molar-refractivity contribution in [1.82, 2.24) is 0 Å². The van der Waals surface area contributed by atoms with Crippen molar-refractivity contribution >= 4 is 21.6 Å². The van der Waals surface area contributed by atoms with Gasteiger partial charge in [-0.3, -0.25) is 0 Å². The van der Waals surface area contributed by atoms with Crippen LogP contribution in [0.3, 0.4) is 0 Å². The summed E-state index contributed by atoms with van der Waals surface area (Å²) in [7, 11) is 0. The van der Waals surface area contributed by atoms with E-state index in [0.29, 0.717) is 0 Å². The Bertz CT molecular complexity index is 241. The second-order valence-corrected chi connectivity index (χ2v) is 4.09. The molecule has 0 fully saturated rings. The van der Waals surface area contributed by atoms with Crippen molar-refractivity contribution in [2.24, 2.45) is 0 Å². The molecule has 0 aliphatic carbocycles. The molecule has 0 saturated carbocycles. The smallest absolute Gasteiger partial charge is 0.0639 e. The fourth-order valence-corrected chi connectivity index (χ4v) is 1.62. The van der Waals surface area contributed by atoms with E-state index in [-0.39, 0.29) is 0 Å². The molecule has 0 saturated heterocycles. The van der Waals surface area contributed by atoms with Crippen LogP contribution in [0, 0.1) is 0 Å². The number of hydrogen-bond donors (Lipinski definition) is 1. The summed E-state index contributed by atoms with van der Waals surface area (Å²) in [5, 5.41) is 4.37. The Labute approximate surface area is 100 Å². The van der Waals surface area contributed by atoms with Gasteiger partial charge in [-0.05, 0) is 25.0 Å². The molecule has 0 amide bonds. The molecule has 3 heteroatoms. The number of alkyl halides is 1. The van der Waals surface area contributed by atoms with Gasteiger partial charge in [0, 0.05) is 24.2 Å². The van der Waals surface area contributed by atoms with Gasteiger partial charge in [0.1, 0.15) is 0 Å².